The molecule has 2 heterocycles. The number of rotatable bonds is 9. The van der Waals surface area contributed by atoms with Crippen molar-refractivity contribution in [2.45, 2.75) is 32.6 Å². The van der Waals surface area contributed by atoms with Gasteiger partial charge in [-0.2, -0.15) is 4.98 Å². The van der Waals surface area contributed by atoms with E-state index in [0.29, 0.717) is 35.9 Å². The Bertz CT molecular complexity index is 986. The number of benzene rings is 1. The standard InChI is InChI=1S/C21H22N2O4S/c1-2-26-19(24)10-4-3-7-13-27-18-12-11-15(14-22-18)21-23-20(25)16-8-5-6-9-17(16)28-21/h5-6,8-9,11-12,14H,2-4,7,10,13H2,1H3. The number of carbonyl (C=O) groups excluding carboxylic acids is 1. The lowest BCUT2D eigenvalue weighted by molar-refractivity contribution is -0.143. The van der Waals surface area contributed by atoms with Gasteiger partial charge in [0.05, 0.1) is 18.6 Å². The zero-order chi connectivity index (χ0) is 19.8. The lowest BCUT2D eigenvalue weighted by atomic mass is 10.2. The second-order valence-corrected chi connectivity index (χ2v) is 7.20. The van der Waals surface area contributed by atoms with Crippen LogP contribution in [0.1, 0.15) is 32.6 Å². The monoisotopic (exact) mass is 398 g/mol. The van der Waals surface area contributed by atoms with Gasteiger partial charge in [-0.05, 0) is 44.4 Å². The molecule has 3 rings (SSSR count). The molecular formula is C21H22N2O4S. The van der Waals surface area contributed by atoms with Crippen LogP contribution in [0.15, 0.2) is 47.4 Å². The van der Waals surface area contributed by atoms with Crippen LogP contribution in [0.2, 0.25) is 0 Å². The van der Waals surface area contributed by atoms with E-state index in [1.54, 1.807) is 25.3 Å². The smallest absolute Gasteiger partial charge is 0.305 e. The number of esters is 1. The van der Waals surface area contributed by atoms with E-state index in [-0.39, 0.29) is 11.5 Å². The fourth-order valence-corrected chi connectivity index (χ4v) is 3.67. The van der Waals surface area contributed by atoms with Crippen LogP contribution >= 0.6 is 11.3 Å². The molecule has 0 unspecified atom stereocenters. The highest BCUT2D eigenvalue weighted by molar-refractivity contribution is 7.21. The number of ether oxygens (including phenoxy) is 2. The van der Waals surface area contributed by atoms with E-state index in [0.717, 1.165) is 29.5 Å². The van der Waals surface area contributed by atoms with Gasteiger partial charge in [0.2, 0.25) is 5.88 Å². The number of carbonyl (C=O) groups is 1. The summed E-state index contributed by atoms with van der Waals surface area (Å²) in [6.07, 6.45) is 4.65. The molecule has 0 aliphatic rings. The average Bonchev–Trinajstić information content (AvgIpc) is 2.71. The van der Waals surface area contributed by atoms with Crippen molar-refractivity contribution >= 4 is 27.4 Å². The maximum atomic E-state index is 12.2. The molecule has 6 nitrogen and oxygen atoms in total. The van der Waals surface area contributed by atoms with Crippen molar-refractivity contribution in [1.82, 2.24) is 9.97 Å². The summed E-state index contributed by atoms with van der Waals surface area (Å²) in [5, 5.41) is 1.27. The van der Waals surface area contributed by atoms with Crippen molar-refractivity contribution in [3.63, 3.8) is 0 Å². The topological polar surface area (TPSA) is 78.4 Å². The Hall–Kier alpha value is -2.80. The van der Waals surface area contributed by atoms with Crippen LogP contribution in [0.25, 0.3) is 20.7 Å². The van der Waals surface area contributed by atoms with Crippen LogP contribution in [-0.4, -0.2) is 29.2 Å². The van der Waals surface area contributed by atoms with Crippen molar-refractivity contribution in [3.8, 4) is 16.5 Å². The van der Waals surface area contributed by atoms with Gasteiger partial charge in [0, 0.05) is 28.9 Å². The first kappa shape index (κ1) is 19.9. The molecule has 3 aromatic rings. The van der Waals surface area contributed by atoms with Crippen molar-refractivity contribution in [3.05, 3.63) is 52.9 Å². The molecule has 146 valence electrons. The molecule has 0 amide bonds. The van der Waals surface area contributed by atoms with E-state index in [2.05, 4.69) is 9.97 Å². The molecule has 0 atom stereocenters. The van der Waals surface area contributed by atoms with E-state index in [1.807, 2.05) is 24.3 Å². The minimum absolute atomic E-state index is 0.148. The number of fused-ring (bicyclic) bond motifs is 1. The summed E-state index contributed by atoms with van der Waals surface area (Å²) in [5.41, 5.74) is 0.558. The summed E-state index contributed by atoms with van der Waals surface area (Å²) in [7, 11) is 0. The minimum atomic E-state index is -0.229. The van der Waals surface area contributed by atoms with Gasteiger partial charge < -0.3 is 9.47 Å². The summed E-state index contributed by atoms with van der Waals surface area (Å²) in [5.74, 6) is 0.382. The van der Waals surface area contributed by atoms with E-state index >= 15 is 0 Å². The Morgan fingerprint density at radius 3 is 2.75 bits per heavy atom. The SMILES string of the molecule is CCOC(=O)CCCCCOc1ccc(-c2nc(=O)c3ccccc3s2)cn1. The van der Waals surface area contributed by atoms with Crippen molar-refractivity contribution in [2.24, 2.45) is 0 Å². The minimum Gasteiger partial charge on any atom is -0.478 e. The van der Waals surface area contributed by atoms with E-state index in [1.165, 1.54) is 11.3 Å². The van der Waals surface area contributed by atoms with E-state index in [9.17, 15) is 9.59 Å². The highest BCUT2D eigenvalue weighted by atomic mass is 32.1. The lowest BCUT2D eigenvalue weighted by Crippen LogP contribution is -2.06. The van der Waals surface area contributed by atoms with Crippen molar-refractivity contribution in [2.75, 3.05) is 13.2 Å². The van der Waals surface area contributed by atoms with Gasteiger partial charge in [0.1, 0.15) is 5.01 Å². The van der Waals surface area contributed by atoms with Crippen molar-refractivity contribution in [1.29, 1.82) is 0 Å². The molecule has 0 bridgehead atoms. The second-order valence-electron chi connectivity index (χ2n) is 6.17. The number of hydrogen-bond acceptors (Lipinski definition) is 7. The van der Waals surface area contributed by atoms with E-state index in [4.69, 9.17) is 9.47 Å². The number of pyridine rings is 1. The van der Waals surface area contributed by atoms with Crippen LogP contribution < -0.4 is 10.3 Å². The molecule has 2 aromatic heterocycles. The Kier molecular flexibility index (Phi) is 7.08. The normalized spacial score (nSPS) is 10.8. The zero-order valence-corrected chi connectivity index (χ0v) is 16.5. The molecular weight excluding hydrogens is 376 g/mol. The highest BCUT2D eigenvalue weighted by Crippen LogP contribution is 2.26. The second kappa shape index (κ2) is 9.94. The Morgan fingerprint density at radius 1 is 1.11 bits per heavy atom. The molecule has 7 heteroatoms. The summed E-state index contributed by atoms with van der Waals surface area (Å²) in [6.45, 7) is 2.77. The first-order valence-electron chi connectivity index (χ1n) is 9.32. The number of hydrogen-bond donors (Lipinski definition) is 0. The van der Waals surface area contributed by atoms with Crippen molar-refractivity contribution < 1.29 is 14.3 Å². The lowest BCUT2D eigenvalue weighted by Gasteiger charge is -2.06. The molecule has 0 fully saturated rings. The third-order valence-electron chi connectivity index (χ3n) is 4.09. The largest absolute Gasteiger partial charge is 0.478 e. The van der Waals surface area contributed by atoms with Gasteiger partial charge in [0.25, 0.3) is 5.56 Å². The predicted octanol–water partition coefficient (Wildman–Crippen LogP) is 4.22. The van der Waals surface area contributed by atoms with Gasteiger partial charge in [-0.3, -0.25) is 9.59 Å². The molecule has 0 spiro atoms. The molecule has 0 N–H and O–H groups in total. The first-order valence-corrected chi connectivity index (χ1v) is 10.1. The number of aromatic nitrogens is 2. The van der Waals surface area contributed by atoms with Gasteiger partial charge in [0.15, 0.2) is 0 Å². The molecule has 0 aliphatic heterocycles. The molecule has 0 saturated heterocycles. The first-order chi connectivity index (χ1) is 13.7. The summed E-state index contributed by atoms with van der Waals surface area (Å²) in [6, 6.07) is 11.1. The van der Waals surface area contributed by atoms with Crippen LogP contribution in [0.3, 0.4) is 0 Å². The third kappa shape index (κ3) is 5.36. The van der Waals surface area contributed by atoms with Gasteiger partial charge >= 0.3 is 5.97 Å². The number of unbranched alkanes of at least 4 members (excludes halogenated alkanes) is 2. The van der Waals surface area contributed by atoms with Crippen LogP contribution in [0.5, 0.6) is 5.88 Å². The average molecular weight is 398 g/mol. The molecule has 0 radical (unpaired) electrons. The summed E-state index contributed by atoms with van der Waals surface area (Å²) < 4.78 is 11.4. The van der Waals surface area contributed by atoms with Crippen LogP contribution in [0, 0.1) is 0 Å². The fraction of sp³-hybridized carbons (Fsp3) is 0.333. The third-order valence-corrected chi connectivity index (χ3v) is 5.19. The summed E-state index contributed by atoms with van der Waals surface area (Å²) >= 11 is 1.46. The maximum absolute atomic E-state index is 12.2. The Morgan fingerprint density at radius 2 is 1.96 bits per heavy atom. The Labute approximate surface area is 167 Å². The van der Waals surface area contributed by atoms with Crippen LogP contribution in [0.4, 0.5) is 0 Å². The van der Waals surface area contributed by atoms with Gasteiger partial charge in [-0.1, -0.05) is 12.1 Å². The Balaban J connectivity index is 1.51. The summed E-state index contributed by atoms with van der Waals surface area (Å²) in [4.78, 5) is 31.9. The molecule has 1 aromatic carbocycles. The molecule has 0 aliphatic carbocycles. The van der Waals surface area contributed by atoms with Crippen LogP contribution in [-0.2, 0) is 9.53 Å². The predicted molar refractivity (Wildman–Crippen MR) is 110 cm³/mol. The number of nitrogens with zero attached hydrogens (tertiary/aromatic N) is 2. The maximum Gasteiger partial charge on any atom is 0.305 e. The molecule has 0 saturated carbocycles. The molecule has 28 heavy (non-hydrogen) atoms. The fourth-order valence-electron chi connectivity index (χ4n) is 2.69. The quantitative estimate of drug-likeness (QED) is 0.397. The highest BCUT2D eigenvalue weighted by Gasteiger charge is 2.07. The van der Waals surface area contributed by atoms with Gasteiger partial charge in [-0.25, -0.2) is 4.98 Å². The zero-order valence-electron chi connectivity index (χ0n) is 15.7. The van der Waals surface area contributed by atoms with E-state index < -0.39 is 0 Å². The van der Waals surface area contributed by atoms with Gasteiger partial charge in [-0.15, -0.1) is 11.3 Å².